The van der Waals surface area contributed by atoms with Crippen molar-refractivity contribution in [2.75, 3.05) is 6.54 Å². The number of rotatable bonds is 7. The lowest BCUT2D eigenvalue weighted by Crippen LogP contribution is -2.33. The van der Waals surface area contributed by atoms with Crippen molar-refractivity contribution in [2.24, 2.45) is 11.0 Å². The van der Waals surface area contributed by atoms with Gasteiger partial charge in [0.25, 0.3) is 5.91 Å². The summed E-state index contributed by atoms with van der Waals surface area (Å²) < 4.78 is 0. The molecule has 0 aliphatic carbocycles. The van der Waals surface area contributed by atoms with Crippen molar-refractivity contribution in [1.29, 1.82) is 0 Å². The van der Waals surface area contributed by atoms with Crippen LogP contribution in [-0.4, -0.2) is 29.0 Å². The summed E-state index contributed by atoms with van der Waals surface area (Å²) in [6.07, 6.45) is 4.34. The summed E-state index contributed by atoms with van der Waals surface area (Å²) >= 11 is 0. The van der Waals surface area contributed by atoms with E-state index in [1.165, 1.54) is 5.01 Å². The smallest absolute Gasteiger partial charge is 0.259 e. The zero-order valence-corrected chi connectivity index (χ0v) is 12.7. The van der Waals surface area contributed by atoms with Crippen molar-refractivity contribution in [3.63, 3.8) is 0 Å². The van der Waals surface area contributed by atoms with E-state index in [0.717, 1.165) is 25.7 Å². The molecule has 112 valence electrons. The Morgan fingerprint density at radius 1 is 1.19 bits per heavy atom. The molecule has 1 aromatic rings. The quantitative estimate of drug-likeness (QED) is 0.439. The number of hydrogen-bond donors (Lipinski definition) is 0. The molecule has 21 heavy (non-hydrogen) atoms. The first kappa shape index (κ1) is 15.4. The first-order valence-corrected chi connectivity index (χ1v) is 7.61. The van der Waals surface area contributed by atoms with Crippen LogP contribution in [0.5, 0.6) is 0 Å². The van der Waals surface area contributed by atoms with Gasteiger partial charge in [-0.1, -0.05) is 56.5 Å². The molecule has 0 N–H and O–H groups in total. The monoisotopic (exact) mass is 286 g/mol. The molecule has 0 saturated heterocycles. The molecular formula is C17H22N2O2. The number of ketones is 1. The van der Waals surface area contributed by atoms with Gasteiger partial charge in [0.05, 0.1) is 5.71 Å². The highest BCUT2D eigenvalue weighted by molar-refractivity contribution is 6.26. The number of carbonyl (C=O) groups is 2. The third-order valence-corrected chi connectivity index (χ3v) is 3.74. The number of unbranched alkanes of at least 4 members (excludes halogenated alkanes) is 3. The first-order valence-electron chi connectivity index (χ1n) is 7.61. The number of hydrogen-bond acceptors (Lipinski definition) is 3. The first-order chi connectivity index (χ1) is 10.1. The molecule has 1 amide bonds. The number of hydrazone groups is 1. The number of nitrogens with zero attached hydrogens (tertiary/aromatic N) is 2. The van der Waals surface area contributed by atoms with Crippen molar-refractivity contribution in [1.82, 2.24) is 5.01 Å². The Morgan fingerprint density at radius 2 is 1.90 bits per heavy atom. The van der Waals surface area contributed by atoms with E-state index in [-0.39, 0.29) is 11.7 Å². The van der Waals surface area contributed by atoms with Crippen LogP contribution in [0.1, 0.15) is 49.9 Å². The maximum absolute atomic E-state index is 12.5. The maximum atomic E-state index is 12.5. The minimum absolute atomic E-state index is 0.155. The molecule has 0 aromatic heterocycles. The number of carbonyl (C=O) groups excluding carboxylic acids is 2. The van der Waals surface area contributed by atoms with Crippen molar-refractivity contribution >= 4 is 17.4 Å². The average Bonchev–Trinajstić information content (AvgIpc) is 2.78. The highest BCUT2D eigenvalue weighted by atomic mass is 16.2. The molecule has 0 unspecified atom stereocenters. The summed E-state index contributed by atoms with van der Waals surface area (Å²) in [6, 6.07) is 8.96. The predicted molar refractivity (Wildman–Crippen MR) is 83.2 cm³/mol. The normalized spacial score (nSPS) is 18.0. The predicted octanol–water partition coefficient (Wildman–Crippen LogP) is 3.28. The van der Waals surface area contributed by atoms with Crippen LogP contribution < -0.4 is 0 Å². The summed E-state index contributed by atoms with van der Waals surface area (Å²) in [7, 11) is 0. The highest BCUT2D eigenvalue weighted by Crippen LogP contribution is 2.21. The number of amides is 1. The van der Waals surface area contributed by atoms with E-state index in [9.17, 15) is 9.59 Å². The van der Waals surface area contributed by atoms with Gasteiger partial charge >= 0.3 is 0 Å². The van der Waals surface area contributed by atoms with E-state index in [4.69, 9.17) is 0 Å². The molecule has 1 aliphatic rings. The zero-order valence-electron chi connectivity index (χ0n) is 12.7. The van der Waals surface area contributed by atoms with E-state index >= 15 is 0 Å². The Kier molecular flexibility index (Phi) is 5.26. The van der Waals surface area contributed by atoms with Gasteiger partial charge in [0.1, 0.15) is 5.92 Å². The molecule has 4 heteroatoms. The van der Waals surface area contributed by atoms with Crippen LogP contribution in [0.15, 0.2) is 35.4 Å². The van der Waals surface area contributed by atoms with Crippen LogP contribution in [0.2, 0.25) is 0 Å². The fourth-order valence-corrected chi connectivity index (χ4v) is 2.54. The van der Waals surface area contributed by atoms with Gasteiger partial charge in [0, 0.05) is 12.1 Å². The molecule has 0 saturated carbocycles. The minimum Gasteiger partial charge on any atom is -0.293 e. The van der Waals surface area contributed by atoms with E-state index in [1.54, 1.807) is 19.1 Å². The number of benzene rings is 1. The Labute approximate surface area is 125 Å². The minimum atomic E-state index is -0.737. The van der Waals surface area contributed by atoms with Crippen LogP contribution >= 0.6 is 0 Å². The number of Topliss-reactive ketones (excluding diaryl/α,β-unsaturated/α-hetero) is 1. The summed E-state index contributed by atoms with van der Waals surface area (Å²) in [5.41, 5.74) is 1.17. The van der Waals surface area contributed by atoms with Gasteiger partial charge in [0.15, 0.2) is 5.78 Å². The van der Waals surface area contributed by atoms with Gasteiger partial charge in [0.2, 0.25) is 0 Å². The second-order valence-corrected chi connectivity index (χ2v) is 5.43. The van der Waals surface area contributed by atoms with Gasteiger partial charge in [-0.15, -0.1) is 0 Å². The Morgan fingerprint density at radius 3 is 2.57 bits per heavy atom. The maximum Gasteiger partial charge on any atom is 0.259 e. The fourth-order valence-electron chi connectivity index (χ4n) is 2.54. The Balaban J connectivity index is 2.01. The molecule has 1 aromatic carbocycles. The van der Waals surface area contributed by atoms with Gasteiger partial charge in [-0.2, -0.15) is 5.10 Å². The Bertz CT molecular complexity index is 537. The average molecular weight is 286 g/mol. The summed E-state index contributed by atoms with van der Waals surface area (Å²) in [5, 5.41) is 5.74. The molecule has 0 spiro atoms. The van der Waals surface area contributed by atoms with E-state index in [0.29, 0.717) is 17.8 Å². The zero-order chi connectivity index (χ0) is 15.2. The second kappa shape index (κ2) is 7.16. The topological polar surface area (TPSA) is 49.7 Å². The summed E-state index contributed by atoms with van der Waals surface area (Å²) in [6.45, 7) is 4.52. The molecule has 0 bridgehead atoms. The van der Waals surface area contributed by atoms with Gasteiger partial charge in [-0.25, -0.2) is 5.01 Å². The molecule has 1 atom stereocenters. The van der Waals surface area contributed by atoms with E-state index in [1.807, 2.05) is 18.2 Å². The van der Waals surface area contributed by atoms with Crippen LogP contribution in [0.25, 0.3) is 0 Å². The summed E-state index contributed by atoms with van der Waals surface area (Å²) in [5.74, 6) is -1.07. The second-order valence-electron chi connectivity index (χ2n) is 5.43. The molecule has 4 nitrogen and oxygen atoms in total. The lowest BCUT2D eigenvalue weighted by atomic mass is 9.94. The third-order valence-electron chi connectivity index (χ3n) is 3.74. The third kappa shape index (κ3) is 3.57. The van der Waals surface area contributed by atoms with Crippen molar-refractivity contribution in [2.45, 2.75) is 39.5 Å². The van der Waals surface area contributed by atoms with E-state index in [2.05, 4.69) is 12.0 Å². The Hall–Kier alpha value is -1.97. The van der Waals surface area contributed by atoms with Crippen LogP contribution in [0, 0.1) is 5.92 Å². The SMILES string of the molecule is CCCCCCN1N=C(C)[C@@H](C(=O)c2ccccc2)C1=O. The molecule has 1 aliphatic heterocycles. The van der Waals surface area contributed by atoms with Crippen molar-refractivity contribution in [3.8, 4) is 0 Å². The van der Waals surface area contributed by atoms with Gasteiger partial charge in [-0.3, -0.25) is 9.59 Å². The standard InChI is InChI=1S/C17H22N2O2/c1-3-4-5-9-12-19-17(21)15(13(2)18-19)16(20)14-10-7-6-8-11-14/h6-8,10-11,15H,3-5,9,12H2,1-2H3/t15-/m0/s1. The van der Waals surface area contributed by atoms with Crippen LogP contribution in [0.3, 0.4) is 0 Å². The highest BCUT2D eigenvalue weighted by Gasteiger charge is 2.38. The fraction of sp³-hybridized carbons (Fsp3) is 0.471. The van der Waals surface area contributed by atoms with Crippen molar-refractivity contribution in [3.05, 3.63) is 35.9 Å². The summed E-state index contributed by atoms with van der Waals surface area (Å²) in [4.78, 5) is 24.8. The molecular weight excluding hydrogens is 264 g/mol. The molecule has 0 radical (unpaired) electrons. The van der Waals surface area contributed by atoms with Crippen LogP contribution in [-0.2, 0) is 4.79 Å². The molecule has 0 fully saturated rings. The molecule has 1 heterocycles. The van der Waals surface area contributed by atoms with Gasteiger partial charge in [-0.05, 0) is 13.3 Å². The lowest BCUT2D eigenvalue weighted by Gasteiger charge is -2.13. The van der Waals surface area contributed by atoms with Crippen molar-refractivity contribution < 1.29 is 9.59 Å². The molecule has 2 rings (SSSR count). The van der Waals surface area contributed by atoms with Crippen LogP contribution in [0.4, 0.5) is 0 Å². The van der Waals surface area contributed by atoms with E-state index < -0.39 is 5.92 Å². The van der Waals surface area contributed by atoms with Gasteiger partial charge < -0.3 is 0 Å². The lowest BCUT2D eigenvalue weighted by molar-refractivity contribution is -0.130. The largest absolute Gasteiger partial charge is 0.293 e.